The fourth-order valence-corrected chi connectivity index (χ4v) is 3.11. The van der Waals surface area contributed by atoms with Crippen LogP contribution in [-0.2, 0) is 4.74 Å². The standard InChI is InChI=1S/C22H25NO4/c1-14-8-6-7-9-18(14)27-16-10-11-19-17(12-16)20(15(2)26-19)21(24)23-22(3,4)13-25-5/h6-12H,13H2,1-5H3,(H,23,24). The Hall–Kier alpha value is -2.79. The van der Waals surface area contributed by atoms with Crippen molar-refractivity contribution in [2.45, 2.75) is 33.2 Å². The molecule has 2 aromatic carbocycles. The first-order valence-corrected chi connectivity index (χ1v) is 8.89. The van der Waals surface area contributed by atoms with Crippen molar-refractivity contribution in [1.82, 2.24) is 5.32 Å². The number of hydrogen-bond acceptors (Lipinski definition) is 4. The number of carbonyl (C=O) groups is 1. The van der Waals surface area contributed by atoms with Crippen molar-refractivity contribution in [2.24, 2.45) is 0 Å². The van der Waals surface area contributed by atoms with Crippen LogP contribution in [0.3, 0.4) is 0 Å². The molecule has 1 aromatic heterocycles. The van der Waals surface area contributed by atoms with Crippen LogP contribution in [0.5, 0.6) is 11.5 Å². The lowest BCUT2D eigenvalue weighted by Gasteiger charge is -2.25. The molecule has 0 unspecified atom stereocenters. The number of hydrogen-bond donors (Lipinski definition) is 1. The summed E-state index contributed by atoms with van der Waals surface area (Å²) in [7, 11) is 1.61. The zero-order valence-electron chi connectivity index (χ0n) is 16.4. The van der Waals surface area contributed by atoms with E-state index in [2.05, 4.69) is 5.32 Å². The van der Waals surface area contributed by atoms with Gasteiger partial charge in [0.1, 0.15) is 22.8 Å². The maximum absolute atomic E-state index is 12.9. The van der Waals surface area contributed by atoms with Gasteiger partial charge in [0.05, 0.1) is 17.7 Å². The van der Waals surface area contributed by atoms with Crippen molar-refractivity contribution in [3.63, 3.8) is 0 Å². The van der Waals surface area contributed by atoms with Gasteiger partial charge in [0.15, 0.2) is 0 Å². The molecule has 5 heteroatoms. The topological polar surface area (TPSA) is 60.7 Å². The first kappa shape index (κ1) is 19.0. The minimum absolute atomic E-state index is 0.193. The molecule has 0 aliphatic rings. The average molecular weight is 367 g/mol. The van der Waals surface area contributed by atoms with Crippen molar-refractivity contribution < 1.29 is 18.7 Å². The summed E-state index contributed by atoms with van der Waals surface area (Å²) in [6.45, 7) is 8.03. The highest BCUT2D eigenvalue weighted by molar-refractivity contribution is 6.07. The summed E-state index contributed by atoms with van der Waals surface area (Å²) in [6.07, 6.45) is 0. The SMILES string of the molecule is COCC(C)(C)NC(=O)c1c(C)oc2ccc(Oc3ccccc3C)cc12. The van der Waals surface area contributed by atoms with Crippen LogP contribution in [0, 0.1) is 13.8 Å². The maximum Gasteiger partial charge on any atom is 0.255 e. The number of furan rings is 1. The van der Waals surface area contributed by atoms with E-state index in [9.17, 15) is 4.79 Å². The van der Waals surface area contributed by atoms with Crippen molar-refractivity contribution in [3.8, 4) is 11.5 Å². The zero-order chi connectivity index (χ0) is 19.6. The van der Waals surface area contributed by atoms with Crippen molar-refractivity contribution >= 4 is 16.9 Å². The first-order chi connectivity index (χ1) is 12.8. The van der Waals surface area contributed by atoms with Gasteiger partial charge in [0.25, 0.3) is 5.91 Å². The summed E-state index contributed by atoms with van der Waals surface area (Å²) in [5, 5.41) is 3.73. The second kappa shape index (κ2) is 7.45. The Kier molecular flexibility index (Phi) is 5.24. The third-order valence-corrected chi connectivity index (χ3v) is 4.34. The molecule has 27 heavy (non-hydrogen) atoms. The molecule has 0 aliphatic heterocycles. The smallest absolute Gasteiger partial charge is 0.255 e. The van der Waals surface area contributed by atoms with Gasteiger partial charge in [0.2, 0.25) is 0 Å². The number of benzene rings is 2. The van der Waals surface area contributed by atoms with Gasteiger partial charge in [-0.2, -0.15) is 0 Å². The van der Waals surface area contributed by atoms with Crippen LogP contribution < -0.4 is 10.1 Å². The number of amides is 1. The molecule has 0 fully saturated rings. The molecule has 1 amide bonds. The van der Waals surface area contributed by atoms with Crippen molar-refractivity contribution in [1.29, 1.82) is 0 Å². The third-order valence-electron chi connectivity index (χ3n) is 4.34. The van der Waals surface area contributed by atoms with Gasteiger partial charge in [-0.3, -0.25) is 4.79 Å². The summed E-state index contributed by atoms with van der Waals surface area (Å²) in [5.41, 5.74) is 1.72. The van der Waals surface area contributed by atoms with Gasteiger partial charge in [-0.25, -0.2) is 0 Å². The summed E-state index contributed by atoms with van der Waals surface area (Å²) < 4.78 is 17.0. The largest absolute Gasteiger partial charge is 0.461 e. The first-order valence-electron chi connectivity index (χ1n) is 8.89. The third kappa shape index (κ3) is 4.14. The molecule has 0 atom stereocenters. The number of carbonyl (C=O) groups excluding carboxylic acids is 1. The molecule has 0 spiro atoms. The van der Waals surface area contributed by atoms with E-state index in [0.717, 1.165) is 16.7 Å². The Balaban J connectivity index is 1.95. The van der Waals surface area contributed by atoms with Gasteiger partial charge in [-0.1, -0.05) is 18.2 Å². The number of aryl methyl sites for hydroxylation is 2. The van der Waals surface area contributed by atoms with Crippen LogP contribution in [-0.4, -0.2) is 25.2 Å². The Morgan fingerprint density at radius 1 is 1.15 bits per heavy atom. The predicted octanol–water partition coefficient (Wildman–Crippen LogP) is 5.00. The van der Waals surface area contributed by atoms with Crippen molar-refractivity contribution in [3.05, 3.63) is 59.4 Å². The number of ether oxygens (including phenoxy) is 2. The molecule has 1 heterocycles. The molecule has 142 valence electrons. The second-order valence-electron chi connectivity index (χ2n) is 7.33. The molecule has 0 radical (unpaired) electrons. The minimum atomic E-state index is -0.489. The van der Waals surface area contributed by atoms with E-state index in [1.165, 1.54) is 0 Å². The van der Waals surface area contributed by atoms with Gasteiger partial charge in [-0.15, -0.1) is 0 Å². The summed E-state index contributed by atoms with van der Waals surface area (Å²) in [6, 6.07) is 13.3. The molecule has 5 nitrogen and oxygen atoms in total. The highest BCUT2D eigenvalue weighted by atomic mass is 16.5. The Bertz CT molecular complexity index is 972. The second-order valence-corrected chi connectivity index (χ2v) is 7.33. The molecule has 0 saturated heterocycles. The van der Waals surface area contributed by atoms with E-state index >= 15 is 0 Å². The number of nitrogens with one attached hydrogen (secondary N) is 1. The van der Waals surface area contributed by atoms with E-state index in [0.29, 0.717) is 29.3 Å². The summed E-state index contributed by atoms with van der Waals surface area (Å²) in [4.78, 5) is 12.9. The van der Waals surface area contributed by atoms with Crippen LogP contribution in [0.15, 0.2) is 46.9 Å². The van der Waals surface area contributed by atoms with Crippen LogP contribution in [0.4, 0.5) is 0 Å². The average Bonchev–Trinajstić information content (AvgIpc) is 2.91. The van der Waals surface area contributed by atoms with E-state index in [1.807, 2.05) is 63.2 Å². The summed E-state index contributed by atoms with van der Waals surface area (Å²) in [5.74, 6) is 1.82. The maximum atomic E-state index is 12.9. The molecule has 0 aliphatic carbocycles. The van der Waals surface area contributed by atoms with E-state index in [1.54, 1.807) is 14.0 Å². The van der Waals surface area contributed by atoms with E-state index in [4.69, 9.17) is 13.9 Å². The van der Waals surface area contributed by atoms with E-state index in [-0.39, 0.29) is 5.91 Å². The molecule has 1 N–H and O–H groups in total. The number of para-hydroxylation sites is 1. The molecule has 0 saturated carbocycles. The monoisotopic (exact) mass is 367 g/mol. The van der Waals surface area contributed by atoms with E-state index < -0.39 is 5.54 Å². The van der Waals surface area contributed by atoms with Crippen LogP contribution in [0.1, 0.15) is 35.5 Å². The molecule has 3 aromatic rings. The highest BCUT2D eigenvalue weighted by Crippen LogP contribution is 2.32. The number of fused-ring (bicyclic) bond motifs is 1. The Morgan fingerprint density at radius 3 is 2.59 bits per heavy atom. The number of rotatable bonds is 6. The molecule has 0 bridgehead atoms. The Morgan fingerprint density at radius 2 is 1.89 bits per heavy atom. The molecular weight excluding hydrogens is 342 g/mol. The number of methoxy groups -OCH3 is 1. The normalized spacial score (nSPS) is 11.6. The minimum Gasteiger partial charge on any atom is -0.461 e. The predicted molar refractivity (Wildman–Crippen MR) is 106 cm³/mol. The summed E-state index contributed by atoms with van der Waals surface area (Å²) >= 11 is 0. The lowest BCUT2D eigenvalue weighted by Crippen LogP contribution is -2.46. The molecule has 3 rings (SSSR count). The van der Waals surface area contributed by atoms with Gasteiger partial charge in [0, 0.05) is 12.5 Å². The molecular formula is C22H25NO4. The fourth-order valence-electron chi connectivity index (χ4n) is 3.11. The van der Waals surface area contributed by atoms with Crippen LogP contribution in [0.2, 0.25) is 0 Å². The lowest BCUT2D eigenvalue weighted by atomic mass is 10.0. The van der Waals surface area contributed by atoms with Crippen molar-refractivity contribution in [2.75, 3.05) is 13.7 Å². The van der Waals surface area contributed by atoms with Gasteiger partial charge < -0.3 is 19.2 Å². The quantitative estimate of drug-likeness (QED) is 0.666. The zero-order valence-corrected chi connectivity index (χ0v) is 16.4. The van der Waals surface area contributed by atoms with Crippen LogP contribution in [0.25, 0.3) is 11.0 Å². The van der Waals surface area contributed by atoms with Gasteiger partial charge >= 0.3 is 0 Å². The lowest BCUT2D eigenvalue weighted by molar-refractivity contribution is 0.0820. The fraction of sp³-hybridized carbons (Fsp3) is 0.318. The Labute approximate surface area is 159 Å². The highest BCUT2D eigenvalue weighted by Gasteiger charge is 2.25. The van der Waals surface area contributed by atoms with Crippen LogP contribution >= 0.6 is 0 Å². The van der Waals surface area contributed by atoms with Gasteiger partial charge in [-0.05, 0) is 57.5 Å².